The summed E-state index contributed by atoms with van der Waals surface area (Å²) in [5, 5.41) is 7.36. The maximum atomic E-state index is 13.2. The number of amides is 1. The summed E-state index contributed by atoms with van der Waals surface area (Å²) in [6.45, 7) is 0. The van der Waals surface area contributed by atoms with Crippen LogP contribution in [0, 0.1) is 5.92 Å². The number of carbonyl (C=O) groups excluding carboxylic acids is 2. The Labute approximate surface area is 178 Å². The Morgan fingerprint density at radius 3 is 2.65 bits per heavy atom. The normalized spacial score (nSPS) is 18.5. The molecule has 10 heteroatoms. The van der Waals surface area contributed by atoms with Crippen molar-refractivity contribution >= 4 is 23.2 Å². The van der Waals surface area contributed by atoms with Crippen molar-refractivity contribution in [3.05, 3.63) is 36.3 Å². The summed E-state index contributed by atoms with van der Waals surface area (Å²) in [6, 6.07) is 5.28. The van der Waals surface area contributed by atoms with E-state index in [0.29, 0.717) is 48.3 Å². The van der Waals surface area contributed by atoms with Gasteiger partial charge in [-0.2, -0.15) is 5.10 Å². The third kappa shape index (κ3) is 4.00. The Morgan fingerprint density at radius 1 is 1.16 bits per heavy atom. The molecule has 0 saturated heterocycles. The highest BCUT2D eigenvalue weighted by molar-refractivity contribution is 6.05. The predicted octanol–water partition coefficient (Wildman–Crippen LogP) is 1.84. The average molecular weight is 424 g/mol. The van der Waals surface area contributed by atoms with Crippen LogP contribution in [0.1, 0.15) is 36.0 Å². The van der Waals surface area contributed by atoms with Gasteiger partial charge >= 0.3 is 5.97 Å². The fourth-order valence-electron chi connectivity index (χ4n) is 4.03. The van der Waals surface area contributed by atoms with E-state index in [1.165, 1.54) is 20.5 Å². The number of methoxy groups -OCH3 is 2. The van der Waals surface area contributed by atoms with Crippen LogP contribution in [0.15, 0.2) is 30.7 Å². The van der Waals surface area contributed by atoms with E-state index in [4.69, 9.17) is 15.2 Å². The van der Waals surface area contributed by atoms with Crippen LogP contribution in [0.4, 0.5) is 5.82 Å². The third-order valence-electron chi connectivity index (χ3n) is 5.66. The van der Waals surface area contributed by atoms with E-state index >= 15 is 0 Å². The number of pyridine rings is 1. The zero-order valence-corrected chi connectivity index (χ0v) is 17.4. The van der Waals surface area contributed by atoms with Crippen LogP contribution in [0.25, 0.3) is 16.8 Å². The number of nitrogens with zero attached hydrogens (tertiary/aromatic N) is 4. The lowest BCUT2D eigenvalue weighted by Crippen LogP contribution is -2.38. The molecule has 0 aromatic carbocycles. The van der Waals surface area contributed by atoms with Gasteiger partial charge in [-0.1, -0.05) is 0 Å². The van der Waals surface area contributed by atoms with E-state index in [-0.39, 0.29) is 29.7 Å². The minimum atomic E-state index is -0.257. The summed E-state index contributed by atoms with van der Waals surface area (Å²) in [5.74, 6) is 0.105. The molecule has 3 aromatic rings. The van der Waals surface area contributed by atoms with Crippen molar-refractivity contribution in [3.8, 4) is 17.1 Å². The van der Waals surface area contributed by atoms with Crippen LogP contribution < -0.4 is 15.8 Å². The van der Waals surface area contributed by atoms with Crippen LogP contribution in [0.3, 0.4) is 0 Å². The molecule has 0 unspecified atom stereocenters. The molecular formula is C21H24N6O4. The summed E-state index contributed by atoms with van der Waals surface area (Å²) < 4.78 is 11.6. The van der Waals surface area contributed by atoms with Gasteiger partial charge in [-0.25, -0.2) is 14.5 Å². The largest absolute Gasteiger partial charge is 0.481 e. The first-order chi connectivity index (χ1) is 15.0. The zero-order chi connectivity index (χ0) is 22.0. The molecule has 0 radical (unpaired) electrons. The van der Waals surface area contributed by atoms with Gasteiger partial charge in [0.15, 0.2) is 5.82 Å². The number of esters is 1. The minimum absolute atomic E-state index is 0.0290. The fourth-order valence-corrected chi connectivity index (χ4v) is 4.03. The van der Waals surface area contributed by atoms with Crippen LogP contribution in [-0.2, 0) is 9.53 Å². The number of anilines is 1. The number of fused-ring (bicyclic) bond motifs is 1. The van der Waals surface area contributed by atoms with Gasteiger partial charge in [-0.3, -0.25) is 9.59 Å². The molecule has 1 saturated carbocycles. The lowest BCUT2D eigenvalue weighted by Gasteiger charge is -2.27. The Hall–Kier alpha value is -3.69. The van der Waals surface area contributed by atoms with Gasteiger partial charge in [0.2, 0.25) is 5.88 Å². The molecule has 3 N–H and O–H groups in total. The molecule has 3 aromatic heterocycles. The second kappa shape index (κ2) is 8.58. The molecule has 3 heterocycles. The smallest absolute Gasteiger partial charge is 0.308 e. The number of nitrogens with one attached hydrogen (secondary N) is 1. The summed E-state index contributed by atoms with van der Waals surface area (Å²) in [6.07, 6.45) is 5.75. The molecule has 0 bridgehead atoms. The van der Waals surface area contributed by atoms with Gasteiger partial charge in [0.05, 0.1) is 31.4 Å². The van der Waals surface area contributed by atoms with Gasteiger partial charge < -0.3 is 20.5 Å². The van der Waals surface area contributed by atoms with Crippen molar-refractivity contribution in [3.63, 3.8) is 0 Å². The van der Waals surface area contributed by atoms with E-state index in [1.54, 1.807) is 28.9 Å². The first kappa shape index (κ1) is 20.6. The highest BCUT2D eigenvalue weighted by Crippen LogP contribution is 2.30. The van der Waals surface area contributed by atoms with E-state index in [0.717, 1.165) is 5.56 Å². The summed E-state index contributed by atoms with van der Waals surface area (Å²) >= 11 is 0. The van der Waals surface area contributed by atoms with E-state index in [1.807, 2.05) is 0 Å². The zero-order valence-electron chi connectivity index (χ0n) is 17.4. The van der Waals surface area contributed by atoms with Crippen LogP contribution in [-0.4, -0.2) is 51.7 Å². The highest BCUT2D eigenvalue weighted by Gasteiger charge is 2.29. The van der Waals surface area contributed by atoms with Gasteiger partial charge in [-0.05, 0) is 37.8 Å². The van der Waals surface area contributed by atoms with Gasteiger partial charge in [0.1, 0.15) is 11.8 Å². The number of carbonyl (C=O) groups is 2. The number of nitrogen functional groups attached to an aromatic ring is 1. The maximum Gasteiger partial charge on any atom is 0.308 e. The third-order valence-corrected chi connectivity index (χ3v) is 5.66. The van der Waals surface area contributed by atoms with Crippen molar-refractivity contribution in [1.82, 2.24) is 24.9 Å². The first-order valence-corrected chi connectivity index (χ1v) is 10.0. The molecule has 162 valence electrons. The Bertz CT molecular complexity index is 1120. The second-order valence-electron chi connectivity index (χ2n) is 7.48. The van der Waals surface area contributed by atoms with Crippen molar-refractivity contribution in [1.29, 1.82) is 0 Å². The Kier molecular flexibility index (Phi) is 5.70. The minimum Gasteiger partial charge on any atom is -0.481 e. The monoisotopic (exact) mass is 424 g/mol. The molecule has 0 atom stereocenters. The molecule has 1 aliphatic carbocycles. The fraction of sp³-hybridized carbons (Fsp3) is 0.381. The summed E-state index contributed by atoms with van der Waals surface area (Å²) in [7, 11) is 2.94. The molecule has 1 amide bonds. The summed E-state index contributed by atoms with van der Waals surface area (Å²) in [4.78, 5) is 33.1. The predicted molar refractivity (Wildman–Crippen MR) is 112 cm³/mol. The quantitative estimate of drug-likeness (QED) is 0.593. The Morgan fingerprint density at radius 2 is 1.94 bits per heavy atom. The maximum absolute atomic E-state index is 13.2. The van der Waals surface area contributed by atoms with Crippen molar-refractivity contribution in [2.45, 2.75) is 31.7 Å². The molecular weight excluding hydrogens is 400 g/mol. The topological polar surface area (TPSA) is 134 Å². The number of hydrogen-bond acceptors (Lipinski definition) is 8. The van der Waals surface area contributed by atoms with Crippen LogP contribution in [0.2, 0.25) is 0 Å². The van der Waals surface area contributed by atoms with Gasteiger partial charge in [0.25, 0.3) is 5.91 Å². The molecule has 10 nitrogen and oxygen atoms in total. The van der Waals surface area contributed by atoms with Crippen molar-refractivity contribution in [2.24, 2.45) is 5.92 Å². The Balaban J connectivity index is 1.62. The molecule has 4 rings (SSSR count). The van der Waals surface area contributed by atoms with Crippen LogP contribution >= 0.6 is 0 Å². The highest BCUT2D eigenvalue weighted by atomic mass is 16.5. The second-order valence-corrected chi connectivity index (χ2v) is 7.48. The molecule has 31 heavy (non-hydrogen) atoms. The van der Waals surface area contributed by atoms with Crippen molar-refractivity contribution in [2.75, 3.05) is 20.0 Å². The SMILES string of the molecule is COC(=O)C1CCC(NC(=O)c2cc(-c3ccnc(OC)c3)n3ncnc(N)c23)CC1. The average Bonchev–Trinajstić information content (AvgIpc) is 3.20. The van der Waals surface area contributed by atoms with Gasteiger partial charge in [0, 0.05) is 23.9 Å². The lowest BCUT2D eigenvalue weighted by molar-refractivity contribution is -0.146. The number of ether oxygens (including phenoxy) is 2. The molecule has 0 spiro atoms. The molecule has 0 aliphatic heterocycles. The van der Waals surface area contributed by atoms with E-state index in [9.17, 15) is 9.59 Å². The number of hydrogen-bond donors (Lipinski definition) is 2. The molecule has 1 fully saturated rings. The van der Waals surface area contributed by atoms with E-state index in [2.05, 4.69) is 20.4 Å². The first-order valence-electron chi connectivity index (χ1n) is 10.0. The summed E-state index contributed by atoms with van der Waals surface area (Å²) in [5.41, 5.74) is 8.37. The molecule has 1 aliphatic rings. The number of aromatic nitrogens is 4. The standard InChI is InChI=1S/C21H24N6O4/c1-30-17-9-13(7-8-23-17)16-10-15(18-19(22)24-11-25-27(16)18)20(28)26-14-5-3-12(4-6-14)21(29)31-2/h7-12,14H,3-6H2,1-2H3,(H,26,28)(H2,22,24,25). The van der Waals surface area contributed by atoms with Crippen LogP contribution in [0.5, 0.6) is 5.88 Å². The van der Waals surface area contributed by atoms with Crippen molar-refractivity contribution < 1.29 is 19.1 Å². The van der Waals surface area contributed by atoms with Gasteiger partial charge in [-0.15, -0.1) is 0 Å². The van der Waals surface area contributed by atoms with E-state index < -0.39 is 0 Å². The lowest BCUT2D eigenvalue weighted by atomic mass is 9.86. The number of nitrogens with two attached hydrogens (primary N) is 1. The number of rotatable bonds is 5.